The molecule has 2 aromatic rings. The molecule has 2 heterocycles. The first kappa shape index (κ1) is 15.0. The molecule has 1 saturated heterocycles. The average Bonchev–Trinajstić information content (AvgIpc) is 2.86. The minimum absolute atomic E-state index is 0.203. The molecule has 0 amide bonds. The fourth-order valence-electron chi connectivity index (χ4n) is 3.79. The van der Waals surface area contributed by atoms with E-state index in [1.54, 1.807) is 0 Å². The van der Waals surface area contributed by atoms with Crippen LogP contribution in [-0.4, -0.2) is 22.6 Å². The monoisotopic (exact) mass is 349 g/mol. The molecule has 0 saturated carbocycles. The van der Waals surface area contributed by atoms with Crippen LogP contribution in [0.3, 0.4) is 0 Å². The molecule has 1 aliphatic heterocycles. The summed E-state index contributed by atoms with van der Waals surface area (Å²) in [5.41, 5.74) is 2.58. The molecule has 1 fully saturated rings. The largest absolute Gasteiger partial charge is 0.328 e. The van der Waals surface area contributed by atoms with Crippen LogP contribution in [0.1, 0.15) is 45.4 Å². The van der Waals surface area contributed by atoms with Gasteiger partial charge in [-0.3, -0.25) is 0 Å². The van der Waals surface area contributed by atoms with Gasteiger partial charge in [0.15, 0.2) is 0 Å². The van der Waals surface area contributed by atoms with E-state index in [1.165, 1.54) is 37.0 Å². The van der Waals surface area contributed by atoms with Crippen molar-refractivity contribution in [1.29, 1.82) is 0 Å². The molecule has 0 aliphatic carbocycles. The third-order valence-electron chi connectivity index (χ3n) is 4.70. The average molecular weight is 350 g/mol. The van der Waals surface area contributed by atoms with E-state index in [4.69, 9.17) is 4.98 Å². The van der Waals surface area contributed by atoms with Gasteiger partial charge < -0.3 is 9.88 Å². The highest BCUT2D eigenvalue weighted by Crippen LogP contribution is 2.37. The molecule has 1 unspecified atom stereocenters. The van der Waals surface area contributed by atoms with Crippen LogP contribution in [0, 0.1) is 0 Å². The first-order chi connectivity index (χ1) is 10.2. The summed E-state index contributed by atoms with van der Waals surface area (Å²) in [7, 11) is 0. The number of fused-ring (bicyclic) bond motifs is 1. The topological polar surface area (TPSA) is 29.9 Å². The highest BCUT2D eigenvalue weighted by molar-refractivity contribution is 9.10. The smallest absolute Gasteiger partial charge is 0.117 e. The Morgan fingerprint density at radius 3 is 2.90 bits per heavy atom. The van der Waals surface area contributed by atoms with E-state index in [-0.39, 0.29) is 5.41 Å². The molecular weight excluding hydrogens is 326 g/mol. The zero-order valence-electron chi connectivity index (χ0n) is 13.0. The number of imidazole rings is 1. The van der Waals surface area contributed by atoms with Crippen molar-refractivity contribution in [3.05, 3.63) is 28.5 Å². The fourth-order valence-corrected chi connectivity index (χ4v) is 4.14. The van der Waals surface area contributed by atoms with Crippen molar-refractivity contribution in [2.75, 3.05) is 13.1 Å². The highest BCUT2D eigenvalue weighted by atomic mass is 79.9. The second-order valence-corrected chi connectivity index (χ2v) is 7.04. The normalized spacial score (nSPS) is 22.8. The van der Waals surface area contributed by atoms with Gasteiger partial charge in [0.1, 0.15) is 5.82 Å². The van der Waals surface area contributed by atoms with E-state index in [9.17, 15) is 0 Å². The number of aryl methyl sites for hydroxylation is 1. The van der Waals surface area contributed by atoms with Crippen LogP contribution in [0.4, 0.5) is 0 Å². The van der Waals surface area contributed by atoms with Crippen molar-refractivity contribution in [3.63, 3.8) is 0 Å². The Bertz CT molecular complexity index is 621. The molecule has 1 aromatic carbocycles. The maximum Gasteiger partial charge on any atom is 0.117 e. The number of nitrogens with zero attached hydrogens (tertiary/aromatic N) is 2. The van der Waals surface area contributed by atoms with Gasteiger partial charge in [0.2, 0.25) is 0 Å². The quantitative estimate of drug-likeness (QED) is 0.894. The van der Waals surface area contributed by atoms with Gasteiger partial charge >= 0.3 is 0 Å². The number of rotatable bonds is 4. The first-order valence-corrected chi connectivity index (χ1v) is 8.86. The summed E-state index contributed by atoms with van der Waals surface area (Å²) >= 11 is 3.57. The zero-order chi connectivity index (χ0) is 14.9. The molecule has 1 atom stereocenters. The maximum absolute atomic E-state index is 5.05. The van der Waals surface area contributed by atoms with Crippen LogP contribution in [0.2, 0.25) is 0 Å². The number of hydrogen-bond donors (Lipinski definition) is 1. The summed E-state index contributed by atoms with van der Waals surface area (Å²) in [6.07, 6.45) is 4.91. The van der Waals surface area contributed by atoms with E-state index in [1.807, 2.05) is 0 Å². The lowest BCUT2D eigenvalue weighted by Gasteiger charge is -2.37. The van der Waals surface area contributed by atoms with Crippen LogP contribution in [0.5, 0.6) is 0 Å². The van der Waals surface area contributed by atoms with E-state index >= 15 is 0 Å². The number of nitrogens with one attached hydrogen (secondary N) is 1. The number of piperidine rings is 1. The Labute approximate surface area is 135 Å². The van der Waals surface area contributed by atoms with Gasteiger partial charge in [0.05, 0.1) is 11.0 Å². The molecule has 1 aliphatic rings. The minimum Gasteiger partial charge on any atom is -0.328 e. The number of halogens is 1. The van der Waals surface area contributed by atoms with Gasteiger partial charge in [-0.2, -0.15) is 0 Å². The summed E-state index contributed by atoms with van der Waals surface area (Å²) in [5, 5.41) is 3.60. The van der Waals surface area contributed by atoms with E-state index < -0.39 is 0 Å². The van der Waals surface area contributed by atoms with Gasteiger partial charge in [0, 0.05) is 23.0 Å². The molecular formula is C17H24BrN3. The van der Waals surface area contributed by atoms with E-state index in [0.717, 1.165) is 29.6 Å². The van der Waals surface area contributed by atoms with Gasteiger partial charge in [-0.1, -0.05) is 29.3 Å². The first-order valence-electron chi connectivity index (χ1n) is 8.07. The van der Waals surface area contributed by atoms with Crippen molar-refractivity contribution in [3.8, 4) is 0 Å². The SMILES string of the molecule is CCCC1(c2nc3cc(Br)ccc3n2CC)CCCNC1. The van der Waals surface area contributed by atoms with Crippen LogP contribution >= 0.6 is 15.9 Å². The van der Waals surface area contributed by atoms with Crippen LogP contribution in [-0.2, 0) is 12.0 Å². The third-order valence-corrected chi connectivity index (χ3v) is 5.19. The lowest BCUT2D eigenvalue weighted by Crippen LogP contribution is -2.45. The second kappa shape index (κ2) is 6.09. The number of benzene rings is 1. The van der Waals surface area contributed by atoms with Crippen LogP contribution in [0.15, 0.2) is 22.7 Å². The van der Waals surface area contributed by atoms with Gasteiger partial charge in [0.25, 0.3) is 0 Å². The summed E-state index contributed by atoms with van der Waals surface area (Å²) in [4.78, 5) is 5.05. The molecule has 3 nitrogen and oxygen atoms in total. The zero-order valence-corrected chi connectivity index (χ0v) is 14.5. The minimum atomic E-state index is 0.203. The fraction of sp³-hybridized carbons (Fsp3) is 0.588. The van der Waals surface area contributed by atoms with Crippen LogP contribution in [0.25, 0.3) is 11.0 Å². The lowest BCUT2D eigenvalue weighted by atomic mass is 9.76. The summed E-state index contributed by atoms with van der Waals surface area (Å²) in [5.74, 6) is 1.28. The Balaban J connectivity index is 2.16. The van der Waals surface area contributed by atoms with Crippen molar-refractivity contribution in [2.24, 2.45) is 0 Å². The Hall–Kier alpha value is -0.870. The molecule has 0 bridgehead atoms. The van der Waals surface area contributed by atoms with Crippen molar-refractivity contribution < 1.29 is 0 Å². The molecule has 1 N–H and O–H groups in total. The van der Waals surface area contributed by atoms with Gasteiger partial charge in [-0.15, -0.1) is 0 Å². The molecule has 4 heteroatoms. The van der Waals surface area contributed by atoms with E-state index in [0.29, 0.717) is 0 Å². The molecule has 114 valence electrons. The summed E-state index contributed by atoms with van der Waals surface area (Å²) in [6.45, 7) is 7.70. The standard InChI is InChI=1S/C17H24BrN3/c1-3-8-17(9-5-10-19-12-17)16-20-14-11-13(18)6-7-15(14)21(16)4-2/h6-7,11,19H,3-5,8-10,12H2,1-2H3. The van der Waals surface area contributed by atoms with Crippen LogP contribution < -0.4 is 5.32 Å². The maximum atomic E-state index is 5.05. The Morgan fingerprint density at radius 1 is 1.38 bits per heavy atom. The molecule has 0 spiro atoms. The molecule has 0 radical (unpaired) electrons. The summed E-state index contributed by atoms with van der Waals surface area (Å²) in [6, 6.07) is 6.45. The highest BCUT2D eigenvalue weighted by Gasteiger charge is 2.37. The van der Waals surface area contributed by atoms with Crippen molar-refractivity contribution in [1.82, 2.24) is 14.9 Å². The van der Waals surface area contributed by atoms with Gasteiger partial charge in [-0.25, -0.2) is 4.98 Å². The summed E-state index contributed by atoms with van der Waals surface area (Å²) < 4.78 is 3.53. The predicted octanol–water partition coefficient (Wildman–Crippen LogP) is 4.24. The Morgan fingerprint density at radius 2 is 2.24 bits per heavy atom. The third kappa shape index (κ3) is 2.64. The Kier molecular flexibility index (Phi) is 4.36. The molecule has 3 rings (SSSR count). The van der Waals surface area contributed by atoms with Crippen molar-refractivity contribution in [2.45, 2.75) is 51.5 Å². The number of hydrogen-bond acceptors (Lipinski definition) is 2. The van der Waals surface area contributed by atoms with E-state index in [2.05, 4.69) is 57.9 Å². The molecule has 21 heavy (non-hydrogen) atoms. The molecule has 1 aromatic heterocycles. The van der Waals surface area contributed by atoms with Crippen molar-refractivity contribution >= 4 is 27.0 Å². The predicted molar refractivity (Wildman–Crippen MR) is 91.8 cm³/mol. The van der Waals surface area contributed by atoms with Gasteiger partial charge in [-0.05, 0) is 50.9 Å². The second-order valence-electron chi connectivity index (χ2n) is 6.12. The number of aromatic nitrogens is 2. The lowest BCUT2D eigenvalue weighted by molar-refractivity contribution is 0.269.